The van der Waals surface area contributed by atoms with E-state index in [0.717, 1.165) is 34.8 Å². The minimum absolute atomic E-state index is 0.404. The van der Waals surface area contributed by atoms with Gasteiger partial charge in [-0.15, -0.1) is 21.5 Å². The number of fused-ring (bicyclic) bond motifs is 1. The first-order chi connectivity index (χ1) is 12.7. The maximum absolute atomic E-state index is 6.60. The summed E-state index contributed by atoms with van der Waals surface area (Å²) >= 11 is 8.33. The Labute approximate surface area is 160 Å². The van der Waals surface area contributed by atoms with E-state index in [1.54, 1.807) is 29.7 Å². The predicted octanol–water partition coefficient (Wildman–Crippen LogP) is 5.61. The van der Waals surface area contributed by atoms with Crippen molar-refractivity contribution in [1.82, 2.24) is 15.1 Å². The number of hydrogen-bond acceptors (Lipinski definition) is 6. The second-order valence-corrected chi connectivity index (χ2v) is 7.54. The molecule has 0 spiro atoms. The van der Waals surface area contributed by atoms with Crippen LogP contribution in [0.2, 0.25) is 5.02 Å². The van der Waals surface area contributed by atoms with Gasteiger partial charge in [0.05, 0.1) is 17.8 Å². The van der Waals surface area contributed by atoms with Crippen LogP contribution in [0.5, 0.6) is 0 Å². The molecule has 0 bridgehead atoms. The largest absolute Gasteiger partial charge is 0.459 e. The van der Waals surface area contributed by atoms with Crippen molar-refractivity contribution in [1.29, 1.82) is 0 Å². The van der Waals surface area contributed by atoms with Gasteiger partial charge < -0.3 is 8.83 Å². The SMILES string of the molecule is CCCN(Cc1nnc(-c2ccco2)o1)Cc1sc2ccccc2c1Cl. The van der Waals surface area contributed by atoms with E-state index in [-0.39, 0.29) is 0 Å². The second kappa shape index (κ2) is 7.61. The Morgan fingerprint density at radius 1 is 1.12 bits per heavy atom. The zero-order chi connectivity index (χ0) is 17.9. The molecule has 0 unspecified atom stereocenters. The second-order valence-electron chi connectivity index (χ2n) is 6.02. The van der Waals surface area contributed by atoms with E-state index in [9.17, 15) is 0 Å². The van der Waals surface area contributed by atoms with Gasteiger partial charge in [-0.05, 0) is 31.2 Å². The molecule has 0 atom stereocenters. The van der Waals surface area contributed by atoms with E-state index in [2.05, 4.69) is 34.2 Å². The number of thiophene rings is 1. The minimum atomic E-state index is 0.404. The lowest BCUT2D eigenvalue weighted by Gasteiger charge is -2.19. The monoisotopic (exact) mass is 387 g/mol. The van der Waals surface area contributed by atoms with Gasteiger partial charge in [-0.1, -0.05) is 36.7 Å². The molecular weight excluding hydrogens is 370 g/mol. The number of rotatable bonds is 7. The number of furan rings is 1. The molecule has 3 aromatic heterocycles. The third-order valence-electron chi connectivity index (χ3n) is 4.07. The van der Waals surface area contributed by atoms with Gasteiger partial charge in [0.1, 0.15) is 0 Å². The summed E-state index contributed by atoms with van der Waals surface area (Å²) in [5, 5.41) is 10.2. The van der Waals surface area contributed by atoms with Gasteiger partial charge in [0.25, 0.3) is 5.89 Å². The maximum Gasteiger partial charge on any atom is 0.283 e. The third-order valence-corrected chi connectivity index (χ3v) is 5.77. The first-order valence-corrected chi connectivity index (χ1v) is 9.68. The summed E-state index contributed by atoms with van der Waals surface area (Å²) in [7, 11) is 0. The molecule has 134 valence electrons. The zero-order valence-corrected chi connectivity index (χ0v) is 15.9. The fourth-order valence-corrected chi connectivity index (χ4v) is 4.44. The summed E-state index contributed by atoms with van der Waals surface area (Å²) in [5.74, 6) is 1.56. The van der Waals surface area contributed by atoms with Crippen LogP contribution in [-0.2, 0) is 13.1 Å². The van der Waals surface area contributed by atoms with Gasteiger partial charge in [-0.25, -0.2) is 0 Å². The molecule has 7 heteroatoms. The number of hydrogen-bond donors (Lipinski definition) is 0. The van der Waals surface area contributed by atoms with Crippen LogP contribution >= 0.6 is 22.9 Å². The molecular formula is C19H18ClN3O2S. The van der Waals surface area contributed by atoms with Crippen LogP contribution < -0.4 is 0 Å². The summed E-state index contributed by atoms with van der Waals surface area (Å²) < 4.78 is 12.3. The summed E-state index contributed by atoms with van der Waals surface area (Å²) in [6, 6.07) is 11.8. The van der Waals surface area contributed by atoms with Crippen LogP contribution in [0.4, 0.5) is 0 Å². The lowest BCUT2D eigenvalue weighted by molar-refractivity contribution is 0.233. The molecule has 0 saturated heterocycles. The lowest BCUT2D eigenvalue weighted by atomic mass is 10.2. The molecule has 3 heterocycles. The smallest absolute Gasteiger partial charge is 0.283 e. The molecule has 0 aliphatic carbocycles. The lowest BCUT2D eigenvalue weighted by Crippen LogP contribution is -2.23. The van der Waals surface area contributed by atoms with Crippen LogP contribution in [0.3, 0.4) is 0 Å². The van der Waals surface area contributed by atoms with Crippen LogP contribution in [0.15, 0.2) is 51.5 Å². The van der Waals surface area contributed by atoms with Crippen molar-refractivity contribution < 1.29 is 8.83 Å². The van der Waals surface area contributed by atoms with Crippen LogP contribution in [-0.4, -0.2) is 21.6 Å². The number of benzene rings is 1. The molecule has 26 heavy (non-hydrogen) atoms. The van der Waals surface area contributed by atoms with E-state index < -0.39 is 0 Å². The van der Waals surface area contributed by atoms with E-state index >= 15 is 0 Å². The Balaban J connectivity index is 1.53. The van der Waals surface area contributed by atoms with Crippen molar-refractivity contribution in [2.24, 2.45) is 0 Å². The Kier molecular flexibility index (Phi) is 5.06. The minimum Gasteiger partial charge on any atom is -0.459 e. The molecule has 0 saturated carbocycles. The van der Waals surface area contributed by atoms with Gasteiger partial charge in [-0.3, -0.25) is 4.90 Å². The van der Waals surface area contributed by atoms with E-state index in [0.29, 0.717) is 24.1 Å². The fraction of sp³-hybridized carbons (Fsp3) is 0.263. The molecule has 0 radical (unpaired) electrons. The molecule has 0 amide bonds. The molecule has 0 fully saturated rings. The molecule has 0 aliphatic heterocycles. The van der Waals surface area contributed by atoms with Gasteiger partial charge >= 0.3 is 0 Å². The topological polar surface area (TPSA) is 55.3 Å². The van der Waals surface area contributed by atoms with Gasteiger partial charge in [-0.2, -0.15) is 0 Å². The maximum atomic E-state index is 6.60. The van der Waals surface area contributed by atoms with Crippen molar-refractivity contribution in [3.63, 3.8) is 0 Å². The molecule has 0 N–H and O–H groups in total. The van der Waals surface area contributed by atoms with E-state index in [1.807, 2.05) is 12.1 Å². The van der Waals surface area contributed by atoms with Gasteiger partial charge in [0.15, 0.2) is 5.76 Å². The van der Waals surface area contributed by atoms with Crippen LogP contribution in [0.1, 0.15) is 24.1 Å². The zero-order valence-electron chi connectivity index (χ0n) is 14.3. The molecule has 1 aromatic carbocycles. The summed E-state index contributed by atoms with van der Waals surface area (Å²) in [5.41, 5.74) is 0. The highest BCUT2D eigenvalue weighted by atomic mass is 35.5. The molecule has 5 nitrogen and oxygen atoms in total. The van der Waals surface area contributed by atoms with Crippen molar-refractivity contribution >= 4 is 33.0 Å². The molecule has 4 rings (SSSR count). The van der Waals surface area contributed by atoms with Crippen LogP contribution in [0, 0.1) is 0 Å². The predicted molar refractivity (Wildman–Crippen MR) is 103 cm³/mol. The summed E-state index contributed by atoms with van der Waals surface area (Å²) in [6.07, 6.45) is 2.62. The summed E-state index contributed by atoms with van der Waals surface area (Å²) in [4.78, 5) is 3.43. The first-order valence-electron chi connectivity index (χ1n) is 8.49. The highest BCUT2D eigenvalue weighted by Gasteiger charge is 2.17. The molecule has 0 aliphatic rings. The number of halogens is 1. The van der Waals surface area contributed by atoms with Crippen molar-refractivity contribution in [3.05, 3.63) is 58.5 Å². The van der Waals surface area contributed by atoms with Gasteiger partial charge in [0.2, 0.25) is 5.89 Å². The van der Waals surface area contributed by atoms with Crippen molar-refractivity contribution in [2.75, 3.05) is 6.54 Å². The Bertz CT molecular complexity index is 993. The average molecular weight is 388 g/mol. The van der Waals surface area contributed by atoms with Crippen molar-refractivity contribution in [3.8, 4) is 11.7 Å². The fourth-order valence-electron chi connectivity index (χ4n) is 2.91. The standard InChI is InChI=1S/C19H18ClN3O2S/c1-2-9-23(11-16-18(20)13-6-3-4-8-15(13)26-16)12-17-21-22-19(25-17)14-7-5-10-24-14/h3-8,10H,2,9,11-12H2,1H3. The highest BCUT2D eigenvalue weighted by Crippen LogP contribution is 2.36. The quantitative estimate of drug-likeness (QED) is 0.412. The number of aromatic nitrogens is 2. The molecule has 4 aromatic rings. The van der Waals surface area contributed by atoms with E-state index in [4.69, 9.17) is 20.4 Å². The first kappa shape index (κ1) is 17.3. The highest BCUT2D eigenvalue weighted by molar-refractivity contribution is 7.19. The average Bonchev–Trinajstić information content (AvgIpc) is 3.37. The normalized spacial score (nSPS) is 11.7. The Morgan fingerprint density at radius 3 is 2.77 bits per heavy atom. The summed E-state index contributed by atoms with van der Waals surface area (Å²) in [6.45, 7) is 4.40. The Morgan fingerprint density at radius 2 is 2.00 bits per heavy atom. The van der Waals surface area contributed by atoms with Crippen molar-refractivity contribution in [2.45, 2.75) is 26.4 Å². The van der Waals surface area contributed by atoms with E-state index in [1.165, 1.54) is 4.70 Å². The van der Waals surface area contributed by atoms with Gasteiger partial charge in [0, 0.05) is 21.5 Å². The third kappa shape index (κ3) is 3.53. The number of nitrogens with zero attached hydrogens (tertiary/aromatic N) is 3. The van der Waals surface area contributed by atoms with Crippen LogP contribution in [0.25, 0.3) is 21.7 Å². The Hall–Kier alpha value is -2.15.